The monoisotopic (exact) mass is 320 g/mol. The van der Waals surface area contributed by atoms with Crippen LogP contribution in [0.4, 0.5) is 0 Å². The minimum atomic E-state index is -3.53. The van der Waals surface area contributed by atoms with Gasteiger partial charge in [0.1, 0.15) is 5.75 Å². The molecule has 0 fully saturated rings. The first-order chi connectivity index (χ1) is 10.4. The van der Waals surface area contributed by atoms with E-state index in [1.807, 2.05) is 19.9 Å². The van der Waals surface area contributed by atoms with Crippen LogP contribution in [0.25, 0.3) is 0 Å². The predicted molar refractivity (Wildman–Crippen MR) is 85.1 cm³/mol. The molecule has 0 spiro atoms. The Bertz CT molecular complexity index is 698. The fourth-order valence-corrected chi connectivity index (χ4v) is 3.13. The van der Waals surface area contributed by atoms with Gasteiger partial charge in [0, 0.05) is 26.0 Å². The molecule has 0 aliphatic carbocycles. The molecule has 22 heavy (non-hydrogen) atoms. The number of ether oxygens (including phenoxy) is 1. The number of benzene rings is 1. The summed E-state index contributed by atoms with van der Waals surface area (Å²) in [6.07, 6.45) is 3.37. The standard InChI is InChI=1S/C16H20N2O3S/c1-13(2)21-15-6-8-16(9-7-15)22(19,20)18(3)12-14-5-4-10-17-11-14/h4-11,13H,12H2,1-3H3. The van der Waals surface area contributed by atoms with E-state index in [2.05, 4.69) is 4.98 Å². The van der Waals surface area contributed by atoms with Gasteiger partial charge in [-0.05, 0) is 49.7 Å². The summed E-state index contributed by atoms with van der Waals surface area (Å²) in [6, 6.07) is 10.1. The van der Waals surface area contributed by atoms with E-state index in [0.717, 1.165) is 5.56 Å². The van der Waals surface area contributed by atoms with E-state index in [-0.39, 0.29) is 17.5 Å². The summed E-state index contributed by atoms with van der Waals surface area (Å²) in [5.41, 5.74) is 0.841. The molecule has 5 nitrogen and oxygen atoms in total. The van der Waals surface area contributed by atoms with Crippen LogP contribution in [0.2, 0.25) is 0 Å². The van der Waals surface area contributed by atoms with E-state index >= 15 is 0 Å². The minimum absolute atomic E-state index is 0.0516. The van der Waals surface area contributed by atoms with Gasteiger partial charge >= 0.3 is 0 Å². The third-order valence-corrected chi connectivity index (χ3v) is 4.85. The highest BCUT2D eigenvalue weighted by atomic mass is 32.2. The lowest BCUT2D eigenvalue weighted by Gasteiger charge is -2.17. The van der Waals surface area contributed by atoms with Crippen LogP contribution >= 0.6 is 0 Å². The van der Waals surface area contributed by atoms with Crippen LogP contribution in [0.5, 0.6) is 5.75 Å². The van der Waals surface area contributed by atoms with Gasteiger partial charge in [0.15, 0.2) is 0 Å². The molecule has 0 saturated carbocycles. The molecule has 1 aromatic heterocycles. The van der Waals surface area contributed by atoms with E-state index in [1.165, 1.54) is 4.31 Å². The van der Waals surface area contributed by atoms with Crippen molar-refractivity contribution < 1.29 is 13.2 Å². The summed E-state index contributed by atoms with van der Waals surface area (Å²) in [7, 11) is -1.98. The molecule has 6 heteroatoms. The summed E-state index contributed by atoms with van der Waals surface area (Å²) in [5, 5.41) is 0. The van der Waals surface area contributed by atoms with Crippen LogP contribution in [0.1, 0.15) is 19.4 Å². The third-order valence-electron chi connectivity index (χ3n) is 3.03. The Balaban J connectivity index is 2.15. The van der Waals surface area contributed by atoms with Crippen molar-refractivity contribution in [2.24, 2.45) is 0 Å². The Labute approximate surface area is 131 Å². The molecule has 1 aromatic carbocycles. The summed E-state index contributed by atoms with van der Waals surface area (Å²) >= 11 is 0. The molecular weight excluding hydrogens is 300 g/mol. The Morgan fingerprint density at radius 1 is 1.18 bits per heavy atom. The van der Waals surface area contributed by atoms with Crippen molar-refractivity contribution >= 4 is 10.0 Å². The van der Waals surface area contributed by atoms with Crippen molar-refractivity contribution in [1.82, 2.24) is 9.29 Å². The van der Waals surface area contributed by atoms with Gasteiger partial charge in [-0.3, -0.25) is 4.98 Å². The topological polar surface area (TPSA) is 59.5 Å². The zero-order chi connectivity index (χ0) is 16.2. The van der Waals surface area contributed by atoms with Gasteiger partial charge < -0.3 is 4.74 Å². The highest BCUT2D eigenvalue weighted by Crippen LogP contribution is 2.20. The smallest absolute Gasteiger partial charge is 0.243 e. The molecule has 0 aliphatic rings. The fraction of sp³-hybridized carbons (Fsp3) is 0.312. The minimum Gasteiger partial charge on any atom is -0.491 e. The molecule has 1 heterocycles. The lowest BCUT2D eigenvalue weighted by atomic mass is 10.3. The molecule has 2 aromatic rings. The van der Waals surface area contributed by atoms with E-state index in [4.69, 9.17) is 4.74 Å². The highest BCUT2D eigenvalue weighted by molar-refractivity contribution is 7.89. The van der Waals surface area contributed by atoms with Gasteiger partial charge in [0.25, 0.3) is 0 Å². The summed E-state index contributed by atoms with van der Waals surface area (Å²) in [6.45, 7) is 4.12. The van der Waals surface area contributed by atoms with Gasteiger partial charge in [-0.25, -0.2) is 8.42 Å². The zero-order valence-electron chi connectivity index (χ0n) is 12.9. The molecular formula is C16H20N2O3S. The Hall–Kier alpha value is -1.92. The Morgan fingerprint density at radius 2 is 1.86 bits per heavy atom. The number of aromatic nitrogens is 1. The number of nitrogens with zero attached hydrogens (tertiary/aromatic N) is 2. The maximum atomic E-state index is 12.5. The molecule has 2 rings (SSSR count). The van der Waals surface area contributed by atoms with E-state index < -0.39 is 10.0 Å². The van der Waals surface area contributed by atoms with Crippen molar-refractivity contribution in [2.75, 3.05) is 7.05 Å². The zero-order valence-corrected chi connectivity index (χ0v) is 13.7. The van der Waals surface area contributed by atoms with Crippen LogP contribution in [0, 0.1) is 0 Å². The van der Waals surface area contributed by atoms with E-state index in [9.17, 15) is 8.42 Å². The first kappa shape index (κ1) is 16.5. The third kappa shape index (κ3) is 4.05. The summed E-state index contributed by atoms with van der Waals surface area (Å²) < 4.78 is 31.9. The molecule has 0 atom stereocenters. The van der Waals surface area contributed by atoms with Crippen molar-refractivity contribution in [2.45, 2.75) is 31.4 Å². The highest BCUT2D eigenvalue weighted by Gasteiger charge is 2.21. The van der Waals surface area contributed by atoms with E-state index in [1.54, 1.807) is 49.8 Å². The van der Waals surface area contributed by atoms with Crippen LogP contribution in [-0.4, -0.2) is 30.9 Å². The van der Waals surface area contributed by atoms with Crippen molar-refractivity contribution in [3.63, 3.8) is 0 Å². The summed E-state index contributed by atoms with van der Waals surface area (Å²) in [4.78, 5) is 4.24. The lowest BCUT2D eigenvalue weighted by Crippen LogP contribution is -2.26. The van der Waals surface area contributed by atoms with Crippen LogP contribution in [-0.2, 0) is 16.6 Å². The number of rotatable bonds is 6. The molecule has 0 aliphatic heterocycles. The molecule has 0 unspecified atom stereocenters. The van der Waals surface area contributed by atoms with Gasteiger partial charge in [0.2, 0.25) is 10.0 Å². The second-order valence-electron chi connectivity index (χ2n) is 5.26. The number of hydrogen-bond acceptors (Lipinski definition) is 4. The second kappa shape index (κ2) is 6.89. The molecule has 118 valence electrons. The molecule has 0 radical (unpaired) electrons. The summed E-state index contributed by atoms with van der Waals surface area (Å²) in [5.74, 6) is 0.656. The van der Waals surface area contributed by atoms with Crippen molar-refractivity contribution in [3.05, 3.63) is 54.4 Å². The first-order valence-electron chi connectivity index (χ1n) is 7.01. The first-order valence-corrected chi connectivity index (χ1v) is 8.45. The SMILES string of the molecule is CC(C)Oc1ccc(S(=O)(=O)N(C)Cc2cccnc2)cc1. The Kier molecular flexibility index (Phi) is 5.15. The van der Waals surface area contributed by atoms with Crippen molar-refractivity contribution in [1.29, 1.82) is 0 Å². The average Bonchev–Trinajstić information content (AvgIpc) is 2.48. The predicted octanol–water partition coefficient (Wildman–Crippen LogP) is 2.69. The Morgan fingerprint density at radius 3 is 2.41 bits per heavy atom. The average molecular weight is 320 g/mol. The molecule has 0 amide bonds. The van der Waals surface area contributed by atoms with Crippen LogP contribution < -0.4 is 4.74 Å². The second-order valence-corrected chi connectivity index (χ2v) is 7.31. The van der Waals surface area contributed by atoms with Crippen LogP contribution in [0.15, 0.2) is 53.7 Å². The molecule has 0 bridgehead atoms. The lowest BCUT2D eigenvalue weighted by molar-refractivity contribution is 0.242. The van der Waals surface area contributed by atoms with Crippen LogP contribution in [0.3, 0.4) is 0 Å². The normalized spacial score (nSPS) is 11.9. The largest absolute Gasteiger partial charge is 0.491 e. The maximum absolute atomic E-state index is 12.5. The number of sulfonamides is 1. The number of hydrogen-bond donors (Lipinski definition) is 0. The molecule has 0 N–H and O–H groups in total. The van der Waals surface area contributed by atoms with Gasteiger partial charge in [-0.2, -0.15) is 4.31 Å². The van der Waals surface area contributed by atoms with Gasteiger partial charge in [-0.1, -0.05) is 6.07 Å². The maximum Gasteiger partial charge on any atom is 0.243 e. The number of pyridine rings is 1. The van der Waals surface area contributed by atoms with Gasteiger partial charge in [0.05, 0.1) is 11.0 Å². The van der Waals surface area contributed by atoms with Gasteiger partial charge in [-0.15, -0.1) is 0 Å². The fourth-order valence-electron chi connectivity index (χ4n) is 1.98. The molecule has 0 saturated heterocycles. The van der Waals surface area contributed by atoms with E-state index in [0.29, 0.717) is 5.75 Å². The quantitative estimate of drug-likeness (QED) is 0.821. The van der Waals surface area contributed by atoms with Crippen molar-refractivity contribution in [3.8, 4) is 5.75 Å².